The Morgan fingerprint density at radius 2 is 2.00 bits per heavy atom. The third-order valence-corrected chi connectivity index (χ3v) is 2.90. The summed E-state index contributed by atoms with van der Waals surface area (Å²) < 4.78 is 12.7. The molecular weight excluding hydrogens is 131 g/mol. The van der Waals surface area contributed by atoms with Crippen LogP contribution in [0.5, 0.6) is 0 Å². The third kappa shape index (κ3) is 0.780. The summed E-state index contributed by atoms with van der Waals surface area (Å²) in [6.45, 7) is 0. The number of Topliss-reactive ketones (excluding diaryl/α,β-unsaturated/α-hetero) is 1. The van der Waals surface area contributed by atoms with Crippen molar-refractivity contribution in [3.8, 4) is 0 Å². The summed E-state index contributed by atoms with van der Waals surface area (Å²) in [5.41, 5.74) is 0. The van der Waals surface area contributed by atoms with Crippen LogP contribution >= 0.6 is 0 Å². The third-order valence-electron chi connectivity index (χ3n) is 2.90. The summed E-state index contributed by atoms with van der Waals surface area (Å²) in [6.07, 6.45) is 2.22. The van der Waals surface area contributed by atoms with Gasteiger partial charge in [-0.2, -0.15) is 0 Å². The standard InChI is InChI=1S/C8H11FO/c9-7-3-5-1-2-6(5)4-8(7)10/h5-7H,1-4H2/t5?,6?,7-/m0/s1. The number of fused-ring (bicyclic) bond motifs is 1. The van der Waals surface area contributed by atoms with Gasteiger partial charge in [-0.3, -0.25) is 4.79 Å². The van der Waals surface area contributed by atoms with E-state index < -0.39 is 6.17 Å². The van der Waals surface area contributed by atoms with Crippen LogP contribution in [0.4, 0.5) is 4.39 Å². The van der Waals surface area contributed by atoms with E-state index in [4.69, 9.17) is 0 Å². The molecule has 1 nitrogen and oxygen atoms in total. The molecule has 0 N–H and O–H groups in total. The van der Waals surface area contributed by atoms with E-state index in [-0.39, 0.29) is 5.78 Å². The number of carbonyl (C=O) groups is 1. The van der Waals surface area contributed by atoms with Gasteiger partial charge < -0.3 is 0 Å². The van der Waals surface area contributed by atoms with E-state index in [0.29, 0.717) is 24.7 Å². The van der Waals surface area contributed by atoms with Gasteiger partial charge in [-0.05, 0) is 31.1 Å². The average Bonchev–Trinajstić information content (AvgIpc) is 1.89. The topological polar surface area (TPSA) is 17.1 Å². The molecule has 2 saturated carbocycles. The summed E-state index contributed by atoms with van der Waals surface area (Å²) in [5, 5.41) is 0. The van der Waals surface area contributed by atoms with Crippen LogP contribution in [0.3, 0.4) is 0 Å². The van der Waals surface area contributed by atoms with Gasteiger partial charge in [0.25, 0.3) is 0 Å². The SMILES string of the molecule is O=C1CC2CCC2C[C@@H]1F. The van der Waals surface area contributed by atoms with Crippen LogP contribution < -0.4 is 0 Å². The molecule has 0 aromatic heterocycles. The Labute approximate surface area is 59.6 Å². The highest BCUT2D eigenvalue weighted by atomic mass is 19.1. The smallest absolute Gasteiger partial charge is 0.167 e. The molecule has 3 atom stereocenters. The first-order valence-electron chi connectivity index (χ1n) is 3.94. The Morgan fingerprint density at radius 1 is 1.30 bits per heavy atom. The molecule has 0 aromatic rings. The molecule has 0 heterocycles. The molecule has 2 heteroatoms. The number of carbonyl (C=O) groups excluding carboxylic acids is 1. The summed E-state index contributed by atoms with van der Waals surface area (Å²) in [4.78, 5) is 10.8. The molecule has 0 saturated heterocycles. The first kappa shape index (κ1) is 6.32. The molecule has 2 aliphatic rings. The Morgan fingerprint density at radius 3 is 2.50 bits per heavy atom. The maximum Gasteiger partial charge on any atom is 0.167 e. The lowest BCUT2D eigenvalue weighted by Crippen LogP contribution is -2.39. The number of halogens is 1. The predicted molar refractivity (Wildman–Crippen MR) is 35.4 cm³/mol. The van der Waals surface area contributed by atoms with Gasteiger partial charge in [-0.25, -0.2) is 4.39 Å². The highest BCUT2D eigenvalue weighted by Gasteiger charge is 2.40. The largest absolute Gasteiger partial charge is 0.296 e. The summed E-state index contributed by atoms with van der Waals surface area (Å²) in [6, 6.07) is 0. The van der Waals surface area contributed by atoms with E-state index in [1.165, 1.54) is 0 Å². The van der Waals surface area contributed by atoms with E-state index in [2.05, 4.69) is 0 Å². The van der Waals surface area contributed by atoms with Crippen molar-refractivity contribution in [2.75, 3.05) is 0 Å². The van der Waals surface area contributed by atoms with Crippen LogP contribution in [-0.2, 0) is 4.79 Å². The summed E-state index contributed by atoms with van der Waals surface area (Å²) >= 11 is 0. The monoisotopic (exact) mass is 142 g/mol. The Kier molecular flexibility index (Phi) is 1.29. The van der Waals surface area contributed by atoms with Crippen LogP contribution in [-0.4, -0.2) is 12.0 Å². The van der Waals surface area contributed by atoms with Gasteiger partial charge in [0.05, 0.1) is 0 Å². The lowest BCUT2D eigenvalue weighted by atomic mass is 9.65. The average molecular weight is 142 g/mol. The van der Waals surface area contributed by atoms with E-state index in [9.17, 15) is 9.18 Å². The Bertz CT molecular complexity index is 167. The molecule has 2 aliphatic carbocycles. The van der Waals surface area contributed by atoms with Crippen LogP contribution in [0.1, 0.15) is 25.7 Å². The predicted octanol–water partition coefficient (Wildman–Crippen LogP) is 1.71. The van der Waals surface area contributed by atoms with Crippen molar-refractivity contribution in [1.82, 2.24) is 0 Å². The molecule has 0 aromatic carbocycles. The van der Waals surface area contributed by atoms with Gasteiger partial charge >= 0.3 is 0 Å². The lowest BCUT2D eigenvalue weighted by molar-refractivity contribution is -0.131. The van der Waals surface area contributed by atoms with Gasteiger partial charge in [-0.1, -0.05) is 0 Å². The van der Waals surface area contributed by atoms with E-state index in [1.807, 2.05) is 0 Å². The van der Waals surface area contributed by atoms with Gasteiger partial charge in [0.15, 0.2) is 12.0 Å². The van der Waals surface area contributed by atoms with Crippen molar-refractivity contribution in [2.45, 2.75) is 31.9 Å². The summed E-state index contributed by atoms with van der Waals surface area (Å²) in [5.74, 6) is 0.952. The maximum absolute atomic E-state index is 12.7. The second-order valence-corrected chi connectivity index (χ2v) is 3.47. The minimum atomic E-state index is -1.12. The molecule has 0 aliphatic heterocycles. The van der Waals surface area contributed by atoms with Crippen molar-refractivity contribution in [3.63, 3.8) is 0 Å². The van der Waals surface area contributed by atoms with Gasteiger partial charge in [0.1, 0.15) is 0 Å². The zero-order valence-electron chi connectivity index (χ0n) is 5.85. The molecular formula is C8H11FO. The highest BCUT2D eigenvalue weighted by molar-refractivity contribution is 5.84. The molecule has 0 amide bonds. The summed E-state index contributed by atoms with van der Waals surface area (Å²) in [7, 11) is 0. The first-order chi connectivity index (χ1) is 4.77. The van der Waals surface area contributed by atoms with Crippen molar-refractivity contribution in [1.29, 1.82) is 0 Å². The fourth-order valence-corrected chi connectivity index (χ4v) is 2.00. The van der Waals surface area contributed by atoms with Crippen molar-refractivity contribution >= 4 is 5.78 Å². The minimum absolute atomic E-state index is 0.152. The number of ketones is 1. The van der Waals surface area contributed by atoms with Crippen LogP contribution in [0.25, 0.3) is 0 Å². The second kappa shape index (κ2) is 2.04. The van der Waals surface area contributed by atoms with E-state index >= 15 is 0 Å². The van der Waals surface area contributed by atoms with Crippen LogP contribution in [0.15, 0.2) is 0 Å². The van der Waals surface area contributed by atoms with Crippen LogP contribution in [0, 0.1) is 11.8 Å². The molecule has 2 fully saturated rings. The van der Waals surface area contributed by atoms with E-state index in [1.54, 1.807) is 0 Å². The quantitative estimate of drug-likeness (QED) is 0.503. The number of alkyl halides is 1. The fourth-order valence-electron chi connectivity index (χ4n) is 2.00. The molecule has 0 spiro atoms. The fraction of sp³-hybridized carbons (Fsp3) is 0.875. The van der Waals surface area contributed by atoms with Crippen molar-refractivity contribution < 1.29 is 9.18 Å². The maximum atomic E-state index is 12.7. The minimum Gasteiger partial charge on any atom is -0.296 e. The first-order valence-corrected chi connectivity index (χ1v) is 3.94. The number of hydrogen-bond acceptors (Lipinski definition) is 1. The zero-order valence-corrected chi connectivity index (χ0v) is 5.85. The Hall–Kier alpha value is -0.400. The molecule has 10 heavy (non-hydrogen) atoms. The number of rotatable bonds is 0. The van der Waals surface area contributed by atoms with Crippen LogP contribution in [0.2, 0.25) is 0 Å². The van der Waals surface area contributed by atoms with Gasteiger partial charge in [-0.15, -0.1) is 0 Å². The van der Waals surface area contributed by atoms with Crippen molar-refractivity contribution in [3.05, 3.63) is 0 Å². The van der Waals surface area contributed by atoms with Gasteiger partial charge in [0.2, 0.25) is 0 Å². The van der Waals surface area contributed by atoms with Gasteiger partial charge in [0, 0.05) is 6.42 Å². The number of hydrogen-bond donors (Lipinski definition) is 0. The highest BCUT2D eigenvalue weighted by Crippen LogP contribution is 2.44. The second-order valence-electron chi connectivity index (χ2n) is 3.47. The van der Waals surface area contributed by atoms with E-state index in [0.717, 1.165) is 12.8 Å². The lowest BCUT2D eigenvalue weighted by Gasteiger charge is -2.40. The van der Waals surface area contributed by atoms with Crippen molar-refractivity contribution in [2.24, 2.45) is 11.8 Å². The molecule has 0 radical (unpaired) electrons. The molecule has 2 unspecified atom stereocenters. The molecule has 0 bridgehead atoms. The molecule has 2 rings (SSSR count). The normalized spacial score (nSPS) is 46.1. The molecule has 56 valence electrons. The zero-order chi connectivity index (χ0) is 7.14. The Balaban J connectivity index is 2.03.